The summed E-state index contributed by atoms with van der Waals surface area (Å²) in [6.45, 7) is 1.21. The van der Waals surface area contributed by atoms with Crippen molar-refractivity contribution in [1.82, 2.24) is 4.98 Å². The molecule has 0 unspecified atom stereocenters. The van der Waals surface area contributed by atoms with Gasteiger partial charge >= 0.3 is 5.97 Å². The number of benzene rings is 3. The second kappa shape index (κ2) is 14.4. The Hall–Kier alpha value is -3.73. The summed E-state index contributed by atoms with van der Waals surface area (Å²) in [5.41, 5.74) is 5.96. The van der Waals surface area contributed by atoms with Crippen molar-refractivity contribution in [2.24, 2.45) is 0 Å². The van der Waals surface area contributed by atoms with Gasteiger partial charge in [0.25, 0.3) is 10.1 Å². The number of carboxylic acid groups (broad SMARTS) is 1. The minimum atomic E-state index is -3.67. The van der Waals surface area contributed by atoms with Gasteiger partial charge in [-0.25, -0.2) is 9.78 Å². The zero-order chi connectivity index (χ0) is 30.1. The van der Waals surface area contributed by atoms with Gasteiger partial charge in [-0.15, -0.1) is 11.3 Å². The highest BCUT2D eigenvalue weighted by Crippen LogP contribution is 2.33. The van der Waals surface area contributed by atoms with E-state index in [4.69, 9.17) is 19.4 Å². The van der Waals surface area contributed by atoms with E-state index in [-0.39, 0.29) is 0 Å². The third-order valence-corrected chi connectivity index (χ3v) is 8.01. The van der Waals surface area contributed by atoms with E-state index >= 15 is 0 Å². The lowest BCUT2D eigenvalue weighted by atomic mass is 9.84. The topological polar surface area (TPSA) is 117 Å². The summed E-state index contributed by atoms with van der Waals surface area (Å²) in [4.78, 5) is 17.9. The van der Waals surface area contributed by atoms with Gasteiger partial charge in [0.05, 0.1) is 17.5 Å². The summed E-state index contributed by atoms with van der Waals surface area (Å²) in [6.07, 6.45) is 7.45. The van der Waals surface area contributed by atoms with Crippen LogP contribution in [0.25, 0.3) is 11.3 Å². The van der Waals surface area contributed by atoms with Crippen molar-refractivity contribution in [2.45, 2.75) is 51.2 Å². The normalized spacial score (nSPS) is 13.6. The molecule has 1 aliphatic carbocycles. The van der Waals surface area contributed by atoms with Gasteiger partial charge in [0.15, 0.2) is 5.13 Å². The van der Waals surface area contributed by atoms with Crippen molar-refractivity contribution in [3.63, 3.8) is 0 Å². The fourth-order valence-corrected chi connectivity index (χ4v) is 5.68. The Morgan fingerprint density at radius 2 is 1.55 bits per heavy atom. The lowest BCUT2D eigenvalue weighted by Gasteiger charge is -2.22. The molecule has 3 aromatic carbocycles. The van der Waals surface area contributed by atoms with Crippen LogP contribution in [-0.4, -0.2) is 42.3 Å². The number of ether oxygens (including phenoxy) is 1. The van der Waals surface area contributed by atoms with Crippen LogP contribution in [-0.2, 0) is 23.3 Å². The highest BCUT2D eigenvalue weighted by atomic mass is 32.2. The first-order chi connectivity index (χ1) is 20.0. The average molecular weight is 609 g/mol. The number of carboxylic acids is 1. The lowest BCUT2D eigenvalue weighted by molar-refractivity contribution is 0.0697. The quantitative estimate of drug-likeness (QED) is 0.191. The number of rotatable bonds is 9. The van der Waals surface area contributed by atoms with E-state index in [2.05, 4.69) is 34.5 Å². The Labute approximate surface area is 251 Å². The fraction of sp³-hybridized carbons (Fsp3) is 0.312. The van der Waals surface area contributed by atoms with Crippen molar-refractivity contribution < 1.29 is 27.6 Å². The second-order valence-corrected chi connectivity index (χ2v) is 12.8. The first-order valence-electron chi connectivity index (χ1n) is 13.8. The molecule has 1 saturated carbocycles. The van der Waals surface area contributed by atoms with Crippen LogP contribution in [0.15, 0.2) is 78.2 Å². The molecule has 222 valence electrons. The van der Waals surface area contributed by atoms with Crippen molar-refractivity contribution in [3.05, 3.63) is 100 Å². The molecular weight excluding hydrogens is 572 g/mol. The first kappa shape index (κ1) is 31.2. The molecule has 4 aromatic rings. The Kier molecular flexibility index (Phi) is 10.7. The summed E-state index contributed by atoms with van der Waals surface area (Å²) in [5, 5.41) is 12.0. The molecule has 10 heteroatoms. The zero-order valence-corrected chi connectivity index (χ0v) is 25.4. The molecule has 1 fully saturated rings. The van der Waals surface area contributed by atoms with E-state index in [0.29, 0.717) is 25.0 Å². The van der Waals surface area contributed by atoms with Gasteiger partial charge in [0.2, 0.25) is 0 Å². The van der Waals surface area contributed by atoms with E-state index in [0.717, 1.165) is 33.6 Å². The van der Waals surface area contributed by atoms with Crippen molar-refractivity contribution in [1.29, 1.82) is 0 Å². The standard InChI is InChI=1S/C31H32N2O3S.CH4O3S/c1-33(19-22-7-13-27(14-8-22)30(34)35)31-32-29(21-37-31)26-15-17-28(18-16-26)36-20-23-9-11-25(12-10-23)24-5-3-2-4-6-24;1-5(2,3)4/h7-18,21,24H,2-6,19-20H2,1H3,(H,34,35);1H3,(H,2,3,4). The molecule has 0 bridgehead atoms. The van der Waals surface area contributed by atoms with Crippen LogP contribution in [0.2, 0.25) is 0 Å². The number of thiazole rings is 1. The predicted octanol–water partition coefficient (Wildman–Crippen LogP) is 7.28. The van der Waals surface area contributed by atoms with Crippen LogP contribution in [0.5, 0.6) is 5.75 Å². The van der Waals surface area contributed by atoms with Crippen LogP contribution in [0.4, 0.5) is 5.13 Å². The zero-order valence-electron chi connectivity index (χ0n) is 23.8. The smallest absolute Gasteiger partial charge is 0.335 e. The molecule has 0 radical (unpaired) electrons. The highest BCUT2D eigenvalue weighted by Gasteiger charge is 2.15. The predicted molar refractivity (Wildman–Crippen MR) is 167 cm³/mol. The summed E-state index contributed by atoms with van der Waals surface area (Å²) in [6, 6.07) is 24.0. The maximum atomic E-state index is 11.1. The molecular formula is C32H36N2O6S2. The van der Waals surface area contributed by atoms with E-state index in [9.17, 15) is 13.2 Å². The van der Waals surface area contributed by atoms with Crippen LogP contribution >= 0.6 is 11.3 Å². The fourth-order valence-electron chi connectivity index (χ4n) is 4.88. The average Bonchev–Trinajstić information content (AvgIpc) is 3.47. The van der Waals surface area contributed by atoms with Gasteiger partial charge < -0.3 is 14.7 Å². The van der Waals surface area contributed by atoms with Crippen LogP contribution in [0.1, 0.15) is 65.1 Å². The SMILES string of the molecule is CN(Cc1ccc(C(=O)O)cc1)c1nc(-c2ccc(OCc3ccc(C4CCCCC4)cc3)cc2)cs1.CS(=O)(=O)O. The Balaban J connectivity index is 0.000000748. The number of nitrogens with zero attached hydrogens (tertiary/aromatic N) is 2. The number of aromatic carboxylic acids is 1. The molecule has 5 rings (SSSR count). The molecule has 2 N–H and O–H groups in total. The molecule has 1 heterocycles. The molecule has 0 aliphatic heterocycles. The summed E-state index contributed by atoms with van der Waals surface area (Å²) in [5.74, 6) is 0.662. The van der Waals surface area contributed by atoms with Gasteiger partial charge in [0, 0.05) is 24.5 Å². The minimum Gasteiger partial charge on any atom is -0.489 e. The van der Waals surface area contributed by atoms with Gasteiger partial charge in [-0.3, -0.25) is 4.55 Å². The Bertz CT molecular complexity index is 1540. The van der Waals surface area contributed by atoms with Crippen LogP contribution in [0, 0.1) is 0 Å². The number of carbonyl (C=O) groups is 1. The van der Waals surface area contributed by atoms with E-state index < -0.39 is 16.1 Å². The van der Waals surface area contributed by atoms with E-state index in [1.807, 2.05) is 43.4 Å². The van der Waals surface area contributed by atoms with Crippen LogP contribution in [0.3, 0.4) is 0 Å². The number of hydrogen-bond donors (Lipinski definition) is 2. The molecule has 1 aliphatic rings. The minimum absolute atomic E-state index is 0.294. The largest absolute Gasteiger partial charge is 0.489 e. The second-order valence-electron chi connectivity index (χ2n) is 10.5. The summed E-state index contributed by atoms with van der Waals surface area (Å²) >= 11 is 1.59. The number of aromatic nitrogens is 1. The Morgan fingerprint density at radius 3 is 2.14 bits per heavy atom. The van der Waals surface area contributed by atoms with Crippen molar-refractivity contribution in [3.8, 4) is 17.0 Å². The van der Waals surface area contributed by atoms with Crippen molar-refractivity contribution >= 4 is 32.6 Å². The van der Waals surface area contributed by atoms with E-state index in [1.54, 1.807) is 23.5 Å². The summed E-state index contributed by atoms with van der Waals surface area (Å²) < 4.78 is 31.9. The summed E-state index contributed by atoms with van der Waals surface area (Å²) in [7, 11) is -1.67. The maximum absolute atomic E-state index is 11.1. The van der Waals surface area contributed by atoms with Gasteiger partial charge in [-0.1, -0.05) is 55.7 Å². The monoisotopic (exact) mass is 608 g/mol. The van der Waals surface area contributed by atoms with Gasteiger partial charge in [-0.05, 0) is 71.8 Å². The van der Waals surface area contributed by atoms with Crippen molar-refractivity contribution in [2.75, 3.05) is 18.2 Å². The first-order valence-corrected chi connectivity index (χ1v) is 16.5. The van der Waals surface area contributed by atoms with Gasteiger partial charge in [-0.2, -0.15) is 8.42 Å². The number of hydrogen-bond acceptors (Lipinski definition) is 7. The molecule has 0 atom stereocenters. The molecule has 8 nitrogen and oxygen atoms in total. The lowest BCUT2D eigenvalue weighted by Crippen LogP contribution is -2.16. The maximum Gasteiger partial charge on any atom is 0.335 e. The Morgan fingerprint density at radius 1 is 0.952 bits per heavy atom. The molecule has 1 aromatic heterocycles. The highest BCUT2D eigenvalue weighted by molar-refractivity contribution is 7.85. The third kappa shape index (κ3) is 9.68. The van der Waals surface area contributed by atoms with Gasteiger partial charge in [0.1, 0.15) is 12.4 Å². The number of anilines is 1. The molecule has 0 saturated heterocycles. The molecule has 42 heavy (non-hydrogen) atoms. The van der Waals surface area contributed by atoms with E-state index in [1.165, 1.54) is 43.2 Å². The molecule has 0 amide bonds. The molecule has 0 spiro atoms. The van der Waals surface area contributed by atoms with Crippen LogP contribution < -0.4 is 9.64 Å². The third-order valence-electron chi connectivity index (χ3n) is 7.05.